The Labute approximate surface area is 205 Å². The maximum atomic E-state index is 12.8. The minimum Gasteiger partial charge on any atom is -0.506 e. The van der Waals surface area contributed by atoms with Crippen LogP contribution in [0, 0.1) is 18.5 Å². The number of phenolic OH excluding ortho intramolecular Hbond substituents is 1. The average molecular weight is 648 g/mol. The number of aromatic hydroxyl groups is 1. The van der Waals surface area contributed by atoms with Crippen molar-refractivity contribution in [3.05, 3.63) is 46.4 Å². The Bertz CT molecular complexity index is 1060. The Morgan fingerprint density at radius 1 is 1.30 bits per heavy atom. The van der Waals surface area contributed by atoms with E-state index in [1.54, 1.807) is 19.1 Å². The number of nitrogens with one attached hydrogen (secondary N) is 1. The summed E-state index contributed by atoms with van der Waals surface area (Å²) in [5.74, 6) is -0.864. The fourth-order valence-corrected chi connectivity index (χ4v) is 6.32. The number of carbonyl (C=O) groups excluding carboxylic acids is 2. The van der Waals surface area contributed by atoms with Gasteiger partial charge >= 0.3 is 5.97 Å². The monoisotopic (exact) mass is 648 g/mol. The zero-order valence-corrected chi connectivity index (χ0v) is 21.2. The number of hydrogen-bond donors (Lipinski definition) is 2. The summed E-state index contributed by atoms with van der Waals surface area (Å²) in [6, 6.07) is 5.31. The highest BCUT2D eigenvalue weighted by atomic mass is 127. The molecule has 156 valence electrons. The molecule has 1 amide bonds. The number of phenols is 1. The van der Waals surface area contributed by atoms with Gasteiger partial charge in [-0.25, -0.2) is 4.79 Å². The Morgan fingerprint density at radius 2 is 1.97 bits per heavy atom. The van der Waals surface area contributed by atoms with Crippen molar-refractivity contribution in [1.82, 2.24) is 0 Å². The zero-order chi connectivity index (χ0) is 21.8. The lowest BCUT2D eigenvalue weighted by Gasteiger charge is -2.12. The van der Waals surface area contributed by atoms with E-state index in [-0.39, 0.29) is 17.9 Å². The number of hydrogen-bond acceptors (Lipinski definition) is 6. The van der Waals surface area contributed by atoms with Gasteiger partial charge in [0.1, 0.15) is 22.4 Å². The first-order chi connectivity index (χ1) is 14.3. The largest absolute Gasteiger partial charge is 0.506 e. The van der Waals surface area contributed by atoms with Crippen molar-refractivity contribution in [1.29, 1.82) is 5.26 Å². The molecule has 1 aliphatic carbocycles. The van der Waals surface area contributed by atoms with Crippen LogP contribution in [0.2, 0.25) is 0 Å². The molecule has 1 aromatic carbocycles. The quantitative estimate of drug-likeness (QED) is 0.200. The lowest BCUT2D eigenvalue weighted by atomic mass is 9.95. The normalized spacial score (nSPS) is 13.3. The summed E-state index contributed by atoms with van der Waals surface area (Å²) in [5.41, 5.74) is 1.90. The second kappa shape index (κ2) is 10.1. The number of thiophene rings is 1. The lowest BCUT2D eigenvalue weighted by molar-refractivity contribution is -0.112. The smallest absolute Gasteiger partial charge is 0.341 e. The molecule has 0 saturated carbocycles. The summed E-state index contributed by atoms with van der Waals surface area (Å²) in [6.07, 6.45) is 5.15. The van der Waals surface area contributed by atoms with Gasteiger partial charge in [0.05, 0.1) is 19.3 Å². The second-order valence-electron chi connectivity index (χ2n) is 6.59. The van der Waals surface area contributed by atoms with E-state index in [4.69, 9.17) is 4.74 Å². The van der Waals surface area contributed by atoms with Gasteiger partial charge in [-0.3, -0.25) is 4.79 Å². The maximum Gasteiger partial charge on any atom is 0.341 e. The van der Waals surface area contributed by atoms with E-state index in [1.807, 2.05) is 51.3 Å². The van der Waals surface area contributed by atoms with E-state index < -0.39 is 11.9 Å². The summed E-state index contributed by atoms with van der Waals surface area (Å²) in [5, 5.41) is 22.6. The molecule has 0 fully saturated rings. The van der Waals surface area contributed by atoms with Crippen molar-refractivity contribution >= 4 is 79.5 Å². The predicted molar refractivity (Wildman–Crippen MR) is 133 cm³/mol. The second-order valence-corrected chi connectivity index (χ2v) is 10.0. The zero-order valence-electron chi connectivity index (χ0n) is 16.1. The van der Waals surface area contributed by atoms with Gasteiger partial charge in [0.25, 0.3) is 5.91 Å². The molecule has 9 heteroatoms. The van der Waals surface area contributed by atoms with Crippen molar-refractivity contribution in [2.45, 2.75) is 32.6 Å². The summed E-state index contributed by atoms with van der Waals surface area (Å²) in [6.45, 7) is 1.99. The summed E-state index contributed by atoms with van der Waals surface area (Å²) >= 11 is 5.37. The molecule has 0 unspecified atom stereocenters. The van der Waals surface area contributed by atoms with Crippen molar-refractivity contribution in [3.63, 3.8) is 0 Å². The molecule has 0 saturated heterocycles. The van der Waals surface area contributed by atoms with Gasteiger partial charge in [-0.1, -0.05) is 0 Å². The Balaban J connectivity index is 1.93. The molecule has 2 N–H and O–H groups in total. The number of carbonyl (C=O) groups is 2. The third kappa shape index (κ3) is 4.97. The number of aryl methyl sites for hydroxylation is 1. The Kier molecular flexibility index (Phi) is 7.75. The first-order valence-electron chi connectivity index (χ1n) is 9.28. The van der Waals surface area contributed by atoms with E-state index in [0.717, 1.165) is 36.1 Å². The number of nitrogens with zero attached hydrogens (tertiary/aromatic N) is 1. The molecule has 1 aromatic heterocycles. The van der Waals surface area contributed by atoms with E-state index in [1.165, 1.54) is 17.4 Å². The Hall–Kier alpha value is -1.65. The van der Waals surface area contributed by atoms with Gasteiger partial charge in [0.15, 0.2) is 0 Å². The molecule has 0 atom stereocenters. The third-order valence-electron chi connectivity index (χ3n) is 4.59. The lowest BCUT2D eigenvalue weighted by Crippen LogP contribution is -2.16. The van der Waals surface area contributed by atoms with Crippen LogP contribution in [0.5, 0.6) is 5.75 Å². The SMILES string of the molecule is CCOC(=O)c1c(NC(=O)/C(C#N)=C/c2cc(I)c(O)c(I)c2)sc2c1CCCC2. The van der Waals surface area contributed by atoms with Crippen LogP contribution in [0.1, 0.15) is 46.1 Å². The molecule has 0 aliphatic heterocycles. The number of amides is 1. The van der Waals surface area contributed by atoms with Gasteiger partial charge in [0, 0.05) is 4.88 Å². The van der Waals surface area contributed by atoms with Gasteiger partial charge in [0.2, 0.25) is 0 Å². The van der Waals surface area contributed by atoms with Gasteiger partial charge in [-0.15, -0.1) is 11.3 Å². The van der Waals surface area contributed by atoms with Crippen LogP contribution in [0.4, 0.5) is 5.00 Å². The van der Waals surface area contributed by atoms with Gasteiger partial charge in [-0.2, -0.15) is 5.26 Å². The molecule has 1 heterocycles. The van der Waals surface area contributed by atoms with E-state index in [0.29, 0.717) is 23.3 Å². The fraction of sp³-hybridized carbons (Fsp3) is 0.286. The summed E-state index contributed by atoms with van der Waals surface area (Å²) < 4.78 is 6.45. The standard InChI is InChI=1S/C21H18I2N2O4S/c1-2-29-21(28)17-13-5-3-4-6-16(13)30-20(17)25-19(27)12(10-24)7-11-8-14(22)18(26)15(23)9-11/h7-9,26H,2-6H2,1H3,(H,25,27)/b12-7+. The molecule has 2 aromatic rings. The third-order valence-corrected chi connectivity index (χ3v) is 7.45. The van der Waals surface area contributed by atoms with E-state index in [9.17, 15) is 20.0 Å². The van der Waals surface area contributed by atoms with Crippen molar-refractivity contribution < 1.29 is 19.4 Å². The molecule has 0 bridgehead atoms. The number of fused-ring (bicyclic) bond motifs is 1. The average Bonchev–Trinajstić information content (AvgIpc) is 3.08. The van der Waals surface area contributed by atoms with Crippen molar-refractivity contribution in [2.75, 3.05) is 11.9 Å². The minimum absolute atomic E-state index is 0.0894. The highest BCUT2D eigenvalue weighted by molar-refractivity contribution is 14.1. The topological polar surface area (TPSA) is 99.4 Å². The highest BCUT2D eigenvalue weighted by Crippen LogP contribution is 2.39. The van der Waals surface area contributed by atoms with Crippen LogP contribution in [0.15, 0.2) is 17.7 Å². The van der Waals surface area contributed by atoms with Crippen LogP contribution in [0.3, 0.4) is 0 Å². The summed E-state index contributed by atoms with van der Waals surface area (Å²) in [4.78, 5) is 26.5. The Morgan fingerprint density at radius 3 is 2.60 bits per heavy atom. The molecule has 0 radical (unpaired) electrons. The molecule has 0 spiro atoms. The molecule has 1 aliphatic rings. The van der Waals surface area contributed by atoms with E-state index >= 15 is 0 Å². The number of nitriles is 1. The molecular formula is C21H18I2N2O4S. The first-order valence-corrected chi connectivity index (χ1v) is 12.3. The summed E-state index contributed by atoms with van der Waals surface area (Å²) in [7, 11) is 0. The first kappa shape index (κ1) is 23.0. The predicted octanol–water partition coefficient (Wildman–Crippen LogP) is 5.26. The van der Waals surface area contributed by atoms with Gasteiger partial charge in [-0.05, 0) is 107 Å². The molecule has 30 heavy (non-hydrogen) atoms. The molecular weight excluding hydrogens is 630 g/mol. The number of halogens is 2. The van der Waals surface area contributed by atoms with Crippen LogP contribution >= 0.6 is 56.5 Å². The highest BCUT2D eigenvalue weighted by Gasteiger charge is 2.27. The molecule has 3 rings (SSSR count). The van der Waals surface area contributed by atoms with Crippen LogP contribution in [0.25, 0.3) is 6.08 Å². The number of esters is 1. The van der Waals surface area contributed by atoms with Crippen molar-refractivity contribution in [3.8, 4) is 11.8 Å². The fourth-order valence-electron chi connectivity index (χ4n) is 3.23. The van der Waals surface area contributed by atoms with Crippen LogP contribution < -0.4 is 5.32 Å². The number of benzene rings is 1. The molecule has 6 nitrogen and oxygen atoms in total. The number of ether oxygens (including phenoxy) is 1. The number of anilines is 1. The van der Waals surface area contributed by atoms with Gasteiger partial charge < -0.3 is 15.2 Å². The van der Waals surface area contributed by atoms with Crippen LogP contribution in [-0.4, -0.2) is 23.6 Å². The van der Waals surface area contributed by atoms with Crippen molar-refractivity contribution in [2.24, 2.45) is 0 Å². The van der Waals surface area contributed by atoms with Crippen LogP contribution in [-0.2, 0) is 22.4 Å². The van der Waals surface area contributed by atoms with E-state index in [2.05, 4.69) is 5.32 Å². The minimum atomic E-state index is -0.584. The maximum absolute atomic E-state index is 12.8. The number of rotatable bonds is 5.